The van der Waals surface area contributed by atoms with Crippen molar-refractivity contribution in [2.24, 2.45) is 4.99 Å². The molecule has 0 spiro atoms. The van der Waals surface area contributed by atoms with Crippen LogP contribution >= 0.6 is 11.3 Å². The van der Waals surface area contributed by atoms with Crippen LogP contribution in [-0.2, 0) is 6.54 Å². The number of amides is 2. The lowest BCUT2D eigenvalue weighted by Gasteiger charge is -2.11. The molecular formula is C27H27N5O3S. The van der Waals surface area contributed by atoms with E-state index in [-0.39, 0.29) is 11.8 Å². The molecule has 0 aliphatic rings. The van der Waals surface area contributed by atoms with Crippen molar-refractivity contribution in [3.05, 3.63) is 94.1 Å². The van der Waals surface area contributed by atoms with Crippen LogP contribution in [-0.4, -0.2) is 39.5 Å². The summed E-state index contributed by atoms with van der Waals surface area (Å²) >= 11 is 1.40. The molecule has 9 heteroatoms. The molecule has 3 aromatic heterocycles. The molecule has 36 heavy (non-hydrogen) atoms. The first-order valence-electron chi connectivity index (χ1n) is 11.7. The number of hydrogen-bond donors (Lipinski definition) is 1. The molecule has 0 unspecified atom stereocenters. The van der Waals surface area contributed by atoms with Gasteiger partial charge in [-0.15, -0.1) is 11.3 Å². The van der Waals surface area contributed by atoms with E-state index in [9.17, 15) is 9.59 Å². The highest BCUT2D eigenvalue weighted by molar-refractivity contribution is 7.07. The predicted molar refractivity (Wildman–Crippen MR) is 139 cm³/mol. The van der Waals surface area contributed by atoms with E-state index in [1.165, 1.54) is 11.3 Å². The minimum atomic E-state index is -0.345. The number of hydrogen-bond acceptors (Lipinski definition) is 6. The van der Waals surface area contributed by atoms with E-state index in [1.807, 2.05) is 48.1 Å². The van der Waals surface area contributed by atoms with Gasteiger partial charge in [0, 0.05) is 48.3 Å². The summed E-state index contributed by atoms with van der Waals surface area (Å²) in [6.07, 6.45) is 5.38. The average Bonchev–Trinajstić information content (AvgIpc) is 3.30. The molecule has 0 aliphatic heterocycles. The summed E-state index contributed by atoms with van der Waals surface area (Å²) in [5.41, 5.74) is 3.77. The van der Waals surface area contributed by atoms with Gasteiger partial charge in [0.25, 0.3) is 11.8 Å². The van der Waals surface area contributed by atoms with Crippen molar-refractivity contribution in [3.8, 4) is 17.0 Å². The first-order valence-corrected chi connectivity index (χ1v) is 12.5. The fraction of sp³-hybridized carbons (Fsp3) is 0.222. The molecule has 0 fully saturated rings. The predicted octanol–water partition coefficient (Wildman–Crippen LogP) is 4.27. The molecule has 8 nitrogen and oxygen atoms in total. The zero-order valence-corrected chi connectivity index (χ0v) is 21.0. The molecule has 0 saturated heterocycles. The molecule has 0 radical (unpaired) electrons. The van der Waals surface area contributed by atoms with Crippen molar-refractivity contribution in [3.63, 3.8) is 0 Å². The fourth-order valence-corrected chi connectivity index (χ4v) is 4.48. The Morgan fingerprint density at radius 1 is 1.06 bits per heavy atom. The number of benzene rings is 1. The molecule has 3 heterocycles. The van der Waals surface area contributed by atoms with Crippen molar-refractivity contribution >= 4 is 23.2 Å². The van der Waals surface area contributed by atoms with E-state index < -0.39 is 0 Å². The van der Waals surface area contributed by atoms with E-state index in [2.05, 4.69) is 20.3 Å². The van der Waals surface area contributed by atoms with E-state index in [4.69, 9.17) is 4.74 Å². The van der Waals surface area contributed by atoms with Crippen LogP contribution in [0.3, 0.4) is 0 Å². The number of ether oxygens (including phenoxy) is 1. The van der Waals surface area contributed by atoms with Gasteiger partial charge < -0.3 is 14.6 Å². The number of nitrogens with one attached hydrogen (secondary N) is 1. The average molecular weight is 502 g/mol. The van der Waals surface area contributed by atoms with Gasteiger partial charge >= 0.3 is 0 Å². The lowest BCUT2D eigenvalue weighted by Crippen LogP contribution is -2.26. The van der Waals surface area contributed by atoms with Crippen LogP contribution in [0.25, 0.3) is 11.3 Å². The van der Waals surface area contributed by atoms with Crippen LogP contribution in [0.5, 0.6) is 5.75 Å². The quantitative estimate of drug-likeness (QED) is 0.345. The number of aromatic nitrogens is 3. The van der Waals surface area contributed by atoms with Crippen LogP contribution in [0.4, 0.5) is 0 Å². The zero-order chi connectivity index (χ0) is 25.3. The van der Waals surface area contributed by atoms with Gasteiger partial charge in [-0.2, -0.15) is 4.99 Å². The number of nitrogens with zero attached hydrogens (tertiary/aromatic N) is 4. The van der Waals surface area contributed by atoms with Gasteiger partial charge in [-0.1, -0.05) is 0 Å². The Morgan fingerprint density at radius 3 is 2.53 bits per heavy atom. The molecule has 2 amide bonds. The summed E-state index contributed by atoms with van der Waals surface area (Å²) in [5, 5.41) is 4.93. The maximum Gasteiger partial charge on any atom is 0.281 e. The topological polar surface area (TPSA) is 98.5 Å². The summed E-state index contributed by atoms with van der Waals surface area (Å²) in [6.45, 7) is 5.46. The summed E-state index contributed by atoms with van der Waals surface area (Å²) in [6, 6.07) is 14.7. The molecule has 0 aliphatic carbocycles. The van der Waals surface area contributed by atoms with Crippen LogP contribution in [0.15, 0.2) is 77.5 Å². The molecular weight excluding hydrogens is 474 g/mol. The van der Waals surface area contributed by atoms with Gasteiger partial charge in [0.05, 0.1) is 17.9 Å². The molecule has 0 bridgehead atoms. The van der Waals surface area contributed by atoms with E-state index >= 15 is 0 Å². The molecule has 184 valence electrons. The highest BCUT2D eigenvalue weighted by Gasteiger charge is 2.12. The molecule has 4 rings (SSSR count). The molecule has 0 saturated carbocycles. The van der Waals surface area contributed by atoms with Gasteiger partial charge in [0.2, 0.25) is 0 Å². The van der Waals surface area contributed by atoms with Crippen LogP contribution in [0.2, 0.25) is 0 Å². The molecule has 4 aromatic rings. The fourth-order valence-electron chi connectivity index (χ4n) is 3.54. The van der Waals surface area contributed by atoms with E-state index in [0.29, 0.717) is 42.0 Å². The van der Waals surface area contributed by atoms with Crippen LogP contribution in [0, 0.1) is 6.92 Å². The van der Waals surface area contributed by atoms with E-state index in [0.717, 1.165) is 22.7 Å². The van der Waals surface area contributed by atoms with Crippen LogP contribution in [0.1, 0.15) is 39.8 Å². The SMILES string of the molecule is CCOc1ccc(-c2csc(=NC(=O)c3ccc(C)nc3)n2CCCNC(=O)c2ccncc2)cc1. The Balaban J connectivity index is 1.56. The number of carbonyl (C=O) groups excluding carboxylic acids is 2. The number of rotatable bonds is 9. The second-order valence-electron chi connectivity index (χ2n) is 7.96. The zero-order valence-electron chi connectivity index (χ0n) is 20.2. The summed E-state index contributed by atoms with van der Waals surface area (Å²) in [7, 11) is 0. The van der Waals surface area contributed by atoms with Gasteiger partial charge in [0.15, 0.2) is 4.80 Å². The van der Waals surface area contributed by atoms with Crippen molar-refractivity contribution in [1.82, 2.24) is 19.9 Å². The first-order chi connectivity index (χ1) is 17.5. The maximum atomic E-state index is 12.8. The Kier molecular flexibility index (Phi) is 8.36. The molecule has 1 aromatic carbocycles. The van der Waals surface area contributed by atoms with Crippen molar-refractivity contribution in [1.29, 1.82) is 0 Å². The summed E-state index contributed by atoms with van der Waals surface area (Å²) in [5.74, 6) is 0.308. The van der Waals surface area contributed by atoms with Crippen LogP contribution < -0.4 is 14.9 Å². The third-order valence-electron chi connectivity index (χ3n) is 5.40. The van der Waals surface area contributed by atoms with Gasteiger partial charge in [-0.3, -0.25) is 19.6 Å². The molecule has 1 N–H and O–H groups in total. The minimum absolute atomic E-state index is 0.147. The van der Waals surface area contributed by atoms with Crippen molar-refractivity contribution in [2.75, 3.05) is 13.2 Å². The van der Waals surface area contributed by atoms with Crippen molar-refractivity contribution < 1.29 is 14.3 Å². The number of aryl methyl sites for hydroxylation is 1. The number of thiazole rings is 1. The summed E-state index contributed by atoms with van der Waals surface area (Å²) < 4.78 is 7.58. The van der Waals surface area contributed by atoms with E-state index in [1.54, 1.807) is 42.9 Å². The van der Waals surface area contributed by atoms with Gasteiger partial charge in [-0.25, -0.2) is 0 Å². The Labute approximate surface area is 213 Å². The lowest BCUT2D eigenvalue weighted by atomic mass is 10.1. The normalized spacial score (nSPS) is 11.3. The molecule has 0 atom stereocenters. The largest absolute Gasteiger partial charge is 0.494 e. The Bertz CT molecular complexity index is 1380. The summed E-state index contributed by atoms with van der Waals surface area (Å²) in [4.78, 5) is 38.3. The van der Waals surface area contributed by atoms with Gasteiger partial charge in [0.1, 0.15) is 5.75 Å². The smallest absolute Gasteiger partial charge is 0.281 e. The monoisotopic (exact) mass is 501 g/mol. The number of carbonyl (C=O) groups is 2. The third-order valence-corrected chi connectivity index (χ3v) is 6.26. The van der Waals surface area contributed by atoms with Gasteiger partial charge in [-0.05, 0) is 74.4 Å². The van der Waals surface area contributed by atoms with Crippen molar-refractivity contribution in [2.45, 2.75) is 26.8 Å². The second kappa shape index (κ2) is 12.0. The standard InChI is InChI=1S/C27H27N5O3S/c1-3-35-23-9-7-20(8-10-23)24-18-36-27(31-26(34)22-6-5-19(2)30-17-22)32(24)16-4-13-29-25(33)21-11-14-28-15-12-21/h5-12,14-15,17-18H,3-4,13,16H2,1-2H3,(H,29,33). The number of pyridine rings is 2. The minimum Gasteiger partial charge on any atom is -0.494 e. The Hall–Kier alpha value is -4.11. The highest BCUT2D eigenvalue weighted by Crippen LogP contribution is 2.23. The highest BCUT2D eigenvalue weighted by atomic mass is 32.1. The first kappa shape index (κ1) is 25.0. The Morgan fingerprint density at radius 2 is 1.83 bits per heavy atom. The lowest BCUT2D eigenvalue weighted by molar-refractivity contribution is 0.0951. The maximum absolute atomic E-state index is 12.8. The second-order valence-corrected chi connectivity index (χ2v) is 8.80. The third kappa shape index (κ3) is 6.31.